The molecular formula is C39H50O24. The number of phenols is 2. The van der Waals surface area contributed by atoms with E-state index < -0.39 is 164 Å². The molecule has 2 aromatic carbocycles. The van der Waals surface area contributed by atoms with E-state index in [9.17, 15) is 76.3 Å². The number of aromatic hydroxyl groups is 2. The van der Waals surface area contributed by atoms with E-state index in [1.807, 2.05) is 0 Å². The van der Waals surface area contributed by atoms with Gasteiger partial charge in [0.2, 0.25) is 23.8 Å². The molecule has 5 heterocycles. The van der Waals surface area contributed by atoms with Gasteiger partial charge in [0.05, 0.1) is 25.4 Å². The fourth-order valence-corrected chi connectivity index (χ4v) is 7.56. The average Bonchev–Trinajstić information content (AvgIpc) is 3.25. The second kappa shape index (κ2) is 18.9. The van der Waals surface area contributed by atoms with E-state index in [2.05, 4.69) is 0 Å². The van der Waals surface area contributed by atoms with E-state index in [1.165, 1.54) is 38.1 Å². The molecule has 4 aliphatic heterocycles. The van der Waals surface area contributed by atoms with Crippen molar-refractivity contribution in [3.63, 3.8) is 0 Å². The van der Waals surface area contributed by atoms with Crippen LogP contribution in [0.15, 0.2) is 45.6 Å². The zero-order chi connectivity index (χ0) is 45.8. The number of phenolic OH excluding ortho intramolecular Hbond substituents is 2. The summed E-state index contributed by atoms with van der Waals surface area (Å²) in [4.78, 5) is 14.4. The van der Waals surface area contributed by atoms with Crippen LogP contribution in [0.2, 0.25) is 0 Å². The summed E-state index contributed by atoms with van der Waals surface area (Å²) in [7, 11) is 0. The summed E-state index contributed by atoms with van der Waals surface area (Å²) in [5.74, 6) is -2.36. The average molecular weight is 903 g/mol. The number of rotatable bonds is 11. The van der Waals surface area contributed by atoms with Crippen LogP contribution in [0.4, 0.5) is 0 Å². The molecule has 0 aliphatic carbocycles. The number of aliphatic hydroxyl groups is 12. The smallest absolute Gasteiger partial charge is 0.239 e. The molecule has 24 nitrogen and oxygen atoms in total. The summed E-state index contributed by atoms with van der Waals surface area (Å²) >= 11 is 0. The quantitative estimate of drug-likeness (QED) is 0.0856. The Balaban J connectivity index is 1.20. The first kappa shape index (κ1) is 47.1. The Morgan fingerprint density at radius 3 is 1.78 bits per heavy atom. The van der Waals surface area contributed by atoms with Gasteiger partial charge in [-0.25, -0.2) is 0 Å². The summed E-state index contributed by atoms with van der Waals surface area (Å²) < 4.78 is 51.5. The number of hydrogen-bond donors (Lipinski definition) is 14. The fourth-order valence-electron chi connectivity index (χ4n) is 7.56. The fraction of sp³-hybridized carbons (Fsp3) is 0.615. The number of ether oxygens (including phenoxy) is 8. The lowest BCUT2D eigenvalue weighted by atomic mass is 9.97. The standard InChI is InChI=1S/C39H50O24/c1-11-21(43)26(48)30(52)36(56-11)55-10-19-24(46)28(50)32(54)38(61-19)63-35-29(51)23(45)18(9-40)60-39(35)62-34-25(47)20-16(42)7-15(58-37-31(53)27(49)22(44)12(2)57-37)8-17(20)59-33(34)13-3-5-14(41)6-4-13/h3-8,11-12,18-19,21-24,26-32,35-46,48-54H,9-10H2,1-2H3/t11-,12-,18-,19-,21-,22-,23-,24-,26+,27+,28+,29+,30+,31+,32-,35-,36+,37-,38+,39+/m1/s1. The Morgan fingerprint density at radius 1 is 0.587 bits per heavy atom. The van der Waals surface area contributed by atoms with Crippen LogP contribution < -0.4 is 14.9 Å². The molecule has 0 unspecified atom stereocenters. The Kier molecular flexibility index (Phi) is 14.1. The first-order chi connectivity index (χ1) is 29.8. The molecule has 0 bridgehead atoms. The predicted octanol–water partition coefficient (Wildman–Crippen LogP) is -5.07. The number of hydrogen-bond acceptors (Lipinski definition) is 24. The van der Waals surface area contributed by atoms with Gasteiger partial charge in [-0.05, 0) is 38.1 Å². The van der Waals surface area contributed by atoms with Gasteiger partial charge in [0.25, 0.3) is 0 Å². The van der Waals surface area contributed by atoms with Crippen LogP contribution in [0.3, 0.4) is 0 Å². The molecule has 24 heteroatoms. The lowest BCUT2D eigenvalue weighted by Crippen LogP contribution is -2.65. The van der Waals surface area contributed by atoms with Gasteiger partial charge in [0.1, 0.15) is 108 Å². The molecule has 14 N–H and O–H groups in total. The van der Waals surface area contributed by atoms with E-state index in [4.69, 9.17) is 42.3 Å². The monoisotopic (exact) mass is 902 g/mol. The molecule has 1 aromatic heterocycles. The van der Waals surface area contributed by atoms with Crippen molar-refractivity contribution < 1.29 is 114 Å². The van der Waals surface area contributed by atoms with Crippen molar-refractivity contribution in [1.82, 2.24) is 0 Å². The van der Waals surface area contributed by atoms with Crippen molar-refractivity contribution in [2.75, 3.05) is 13.2 Å². The molecule has 0 saturated carbocycles. The zero-order valence-electron chi connectivity index (χ0n) is 33.3. The summed E-state index contributed by atoms with van der Waals surface area (Å²) in [5, 5.41) is 147. The topological polar surface area (TPSA) is 387 Å². The maximum Gasteiger partial charge on any atom is 0.239 e. The van der Waals surface area contributed by atoms with Gasteiger partial charge in [0.15, 0.2) is 24.4 Å². The molecule has 0 radical (unpaired) electrons. The SMILES string of the molecule is C[C@H]1O[C@H](OC[C@H]2O[C@@H](O[C@H]3[C@H](Oc4c(-c5ccc(O)cc5)oc5cc(O[C@H]6O[C@H](C)[C@@H](O)[C@H](O)[C@@H]6O)cc(O)c5c4=O)O[C@H](CO)[C@@H](O)[C@@H]3O)[C@H](O)[C@@H](O)[C@@H]2O)[C@@H](O)[C@@H](O)[C@@H]1O. The maximum atomic E-state index is 14.4. The van der Waals surface area contributed by atoms with Crippen molar-refractivity contribution >= 4 is 11.0 Å². The molecule has 0 amide bonds. The molecular weight excluding hydrogens is 852 g/mol. The van der Waals surface area contributed by atoms with Crippen molar-refractivity contribution in [1.29, 1.82) is 0 Å². The first-order valence-corrected chi connectivity index (χ1v) is 19.8. The van der Waals surface area contributed by atoms with Gasteiger partial charge in [-0.1, -0.05) is 0 Å². The van der Waals surface area contributed by atoms with Crippen molar-refractivity contribution in [3.8, 4) is 34.3 Å². The minimum atomic E-state index is -2.09. The third kappa shape index (κ3) is 9.19. The highest BCUT2D eigenvalue weighted by Crippen LogP contribution is 2.39. The lowest BCUT2D eigenvalue weighted by molar-refractivity contribution is -0.364. The van der Waals surface area contributed by atoms with Crippen molar-refractivity contribution in [3.05, 3.63) is 46.6 Å². The largest absolute Gasteiger partial charge is 0.508 e. The molecule has 4 aliphatic rings. The lowest BCUT2D eigenvalue weighted by Gasteiger charge is -2.46. The minimum absolute atomic E-state index is 0.0617. The van der Waals surface area contributed by atoms with Crippen LogP contribution in [0, 0.1) is 0 Å². The number of benzene rings is 2. The third-order valence-corrected chi connectivity index (χ3v) is 11.3. The molecule has 350 valence electrons. The van der Waals surface area contributed by atoms with Crippen LogP contribution in [0.1, 0.15) is 13.8 Å². The summed E-state index contributed by atoms with van der Waals surface area (Å²) in [5.41, 5.74) is -1.39. The highest BCUT2D eigenvalue weighted by Gasteiger charge is 2.53. The summed E-state index contributed by atoms with van der Waals surface area (Å²) in [6.45, 7) is 1.19. The normalized spacial score (nSPS) is 41.0. The van der Waals surface area contributed by atoms with E-state index in [1.54, 1.807) is 0 Å². The molecule has 4 saturated heterocycles. The predicted molar refractivity (Wildman–Crippen MR) is 202 cm³/mol. The third-order valence-electron chi connectivity index (χ3n) is 11.3. The van der Waals surface area contributed by atoms with Gasteiger partial charge in [-0.3, -0.25) is 4.79 Å². The maximum absolute atomic E-state index is 14.4. The molecule has 20 atom stereocenters. The van der Waals surface area contributed by atoms with Gasteiger partial charge in [0, 0.05) is 17.7 Å². The Hall–Kier alpha value is -3.87. The van der Waals surface area contributed by atoms with Crippen LogP contribution in [0.25, 0.3) is 22.3 Å². The van der Waals surface area contributed by atoms with Gasteiger partial charge in [-0.2, -0.15) is 0 Å². The van der Waals surface area contributed by atoms with Gasteiger partial charge >= 0.3 is 0 Å². The van der Waals surface area contributed by atoms with Crippen molar-refractivity contribution in [2.45, 2.75) is 137 Å². The van der Waals surface area contributed by atoms with E-state index in [0.29, 0.717) is 0 Å². The number of aliphatic hydroxyl groups excluding tert-OH is 12. The Bertz CT molecular complexity index is 2090. The van der Waals surface area contributed by atoms with Crippen LogP contribution in [0.5, 0.6) is 23.0 Å². The molecule has 4 fully saturated rings. The zero-order valence-corrected chi connectivity index (χ0v) is 33.3. The number of fused-ring (bicyclic) bond motifs is 1. The molecule has 7 rings (SSSR count). The summed E-state index contributed by atoms with van der Waals surface area (Å²) in [6, 6.07) is 7.13. The van der Waals surface area contributed by atoms with E-state index in [-0.39, 0.29) is 22.6 Å². The van der Waals surface area contributed by atoms with Crippen molar-refractivity contribution in [2.24, 2.45) is 0 Å². The highest BCUT2D eigenvalue weighted by atomic mass is 16.8. The van der Waals surface area contributed by atoms with Crippen LogP contribution in [-0.4, -0.2) is 208 Å². The van der Waals surface area contributed by atoms with Crippen LogP contribution >= 0.6 is 0 Å². The van der Waals surface area contributed by atoms with Gasteiger partial charge in [-0.15, -0.1) is 0 Å². The Labute approximate surface area is 355 Å². The van der Waals surface area contributed by atoms with Gasteiger partial charge < -0.3 is 114 Å². The minimum Gasteiger partial charge on any atom is -0.508 e. The second-order valence-electron chi connectivity index (χ2n) is 15.7. The first-order valence-electron chi connectivity index (χ1n) is 19.8. The molecule has 3 aromatic rings. The van der Waals surface area contributed by atoms with Crippen LogP contribution in [-0.2, 0) is 28.4 Å². The van der Waals surface area contributed by atoms with E-state index >= 15 is 0 Å². The molecule has 63 heavy (non-hydrogen) atoms. The van der Waals surface area contributed by atoms with E-state index in [0.717, 1.165) is 12.1 Å². The Morgan fingerprint density at radius 2 is 1.14 bits per heavy atom. The second-order valence-corrected chi connectivity index (χ2v) is 15.7. The highest BCUT2D eigenvalue weighted by molar-refractivity contribution is 5.88. The molecule has 0 spiro atoms. The summed E-state index contributed by atoms with van der Waals surface area (Å²) in [6.07, 6.45) is -34.1.